The number of hydrogen-bond donors (Lipinski definition) is 1. The van der Waals surface area contributed by atoms with Crippen molar-refractivity contribution >= 4 is 17.8 Å². The zero-order valence-electron chi connectivity index (χ0n) is 17.4. The maximum Gasteiger partial charge on any atom is 0.308 e. The van der Waals surface area contributed by atoms with E-state index in [0.29, 0.717) is 37.2 Å². The van der Waals surface area contributed by atoms with Crippen LogP contribution >= 0.6 is 0 Å². The van der Waals surface area contributed by atoms with Gasteiger partial charge in [-0.3, -0.25) is 14.4 Å². The summed E-state index contributed by atoms with van der Waals surface area (Å²) in [5.41, 5.74) is 1.49. The van der Waals surface area contributed by atoms with Crippen molar-refractivity contribution in [1.82, 2.24) is 10.2 Å². The SMILES string of the molecule is CC(=O)Oc1cccc(C(=O)N2CCC(NC(=O)/C=C(\C)C(C)(C)C)CC2)c1. The molecule has 0 bridgehead atoms. The molecule has 1 aromatic carbocycles. The van der Waals surface area contributed by atoms with Gasteiger partial charge in [-0.15, -0.1) is 0 Å². The molecular formula is C22H30N2O4. The molecule has 6 nitrogen and oxygen atoms in total. The van der Waals surface area contributed by atoms with Crippen molar-refractivity contribution in [3.63, 3.8) is 0 Å². The van der Waals surface area contributed by atoms with E-state index < -0.39 is 5.97 Å². The Morgan fingerprint density at radius 2 is 1.79 bits per heavy atom. The summed E-state index contributed by atoms with van der Waals surface area (Å²) in [6.45, 7) is 10.7. The summed E-state index contributed by atoms with van der Waals surface area (Å²) in [6.07, 6.45) is 3.09. The number of likely N-dealkylation sites (tertiary alicyclic amines) is 1. The predicted octanol–water partition coefficient (Wildman–Crippen LogP) is 3.33. The van der Waals surface area contributed by atoms with Crippen molar-refractivity contribution in [2.75, 3.05) is 13.1 Å². The van der Waals surface area contributed by atoms with Crippen LogP contribution in [-0.4, -0.2) is 41.8 Å². The average molecular weight is 386 g/mol. The summed E-state index contributed by atoms with van der Waals surface area (Å²) in [6, 6.07) is 6.70. The maximum absolute atomic E-state index is 12.7. The molecule has 28 heavy (non-hydrogen) atoms. The van der Waals surface area contributed by atoms with Gasteiger partial charge < -0.3 is 15.0 Å². The molecule has 1 N–H and O–H groups in total. The van der Waals surface area contributed by atoms with Gasteiger partial charge in [-0.05, 0) is 43.4 Å². The minimum Gasteiger partial charge on any atom is -0.427 e. The van der Waals surface area contributed by atoms with E-state index in [0.717, 1.165) is 5.57 Å². The first kappa shape index (κ1) is 21.7. The molecule has 1 aliphatic heterocycles. The molecule has 0 unspecified atom stereocenters. The van der Waals surface area contributed by atoms with Gasteiger partial charge in [-0.2, -0.15) is 0 Å². The molecule has 1 heterocycles. The Hall–Kier alpha value is -2.63. The van der Waals surface area contributed by atoms with Gasteiger partial charge >= 0.3 is 5.97 Å². The Kier molecular flexibility index (Phi) is 7.00. The van der Waals surface area contributed by atoms with E-state index in [2.05, 4.69) is 26.1 Å². The molecule has 0 aromatic heterocycles. The van der Waals surface area contributed by atoms with Crippen LogP contribution in [0, 0.1) is 5.41 Å². The number of allylic oxidation sites excluding steroid dienone is 1. The molecule has 1 aromatic rings. The number of rotatable bonds is 4. The predicted molar refractivity (Wildman–Crippen MR) is 108 cm³/mol. The van der Waals surface area contributed by atoms with Gasteiger partial charge in [0, 0.05) is 37.7 Å². The molecular weight excluding hydrogens is 356 g/mol. The van der Waals surface area contributed by atoms with Gasteiger partial charge in [0.1, 0.15) is 5.75 Å². The molecule has 0 spiro atoms. The fourth-order valence-corrected chi connectivity index (χ4v) is 2.92. The van der Waals surface area contributed by atoms with Crippen LogP contribution in [0.1, 0.15) is 57.8 Å². The Balaban J connectivity index is 1.90. The Bertz CT molecular complexity index is 769. The Morgan fingerprint density at radius 3 is 2.36 bits per heavy atom. The van der Waals surface area contributed by atoms with Crippen molar-refractivity contribution in [2.45, 2.75) is 53.5 Å². The highest BCUT2D eigenvalue weighted by Crippen LogP contribution is 2.24. The van der Waals surface area contributed by atoms with Gasteiger partial charge in [0.2, 0.25) is 5.91 Å². The quantitative estimate of drug-likeness (QED) is 0.489. The van der Waals surface area contributed by atoms with E-state index in [4.69, 9.17) is 4.74 Å². The molecule has 2 rings (SSSR count). The highest BCUT2D eigenvalue weighted by Gasteiger charge is 2.25. The third-order valence-electron chi connectivity index (χ3n) is 5.00. The van der Waals surface area contributed by atoms with Crippen LogP contribution in [0.3, 0.4) is 0 Å². The zero-order valence-corrected chi connectivity index (χ0v) is 17.4. The summed E-state index contributed by atoms with van der Waals surface area (Å²) in [7, 11) is 0. The summed E-state index contributed by atoms with van der Waals surface area (Å²) in [4.78, 5) is 37.8. The number of esters is 1. The van der Waals surface area contributed by atoms with Gasteiger partial charge in [0.05, 0.1) is 0 Å². The van der Waals surface area contributed by atoms with Crippen LogP contribution in [0.15, 0.2) is 35.9 Å². The molecule has 1 fully saturated rings. The van der Waals surface area contributed by atoms with Crippen LogP contribution < -0.4 is 10.1 Å². The molecule has 2 amide bonds. The van der Waals surface area contributed by atoms with Gasteiger partial charge in [-0.1, -0.05) is 32.4 Å². The fourth-order valence-electron chi connectivity index (χ4n) is 2.92. The highest BCUT2D eigenvalue weighted by molar-refractivity contribution is 5.95. The van der Waals surface area contributed by atoms with E-state index in [9.17, 15) is 14.4 Å². The molecule has 0 aliphatic carbocycles. The van der Waals surface area contributed by atoms with E-state index in [1.54, 1.807) is 35.2 Å². The molecule has 1 aliphatic rings. The monoisotopic (exact) mass is 386 g/mol. The summed E-state index contributed by atoms with van der Waals surface area (Å²) < 4.78 is 5.05. The second-order valence-corrected chi connectivity index (χ2v) is 8.27. The molecule has 0 saturated carbocycles. The minimum atomic E-state index is -0.420. The average Bonchev–Trinajstić information content (AvgIpc) is 2.60. The van der Waals surface area contributed by atoms with Crippen LogP contribution in [-0.2, 0) is 9.59 Å². The second-order valence-electron chi connectivity index (χ2n) is 8.27. The smallest absolute Gasteiger partial charge is 0.308 e. The minimum absolute atomic E-state index is 0.0340. The lowest BCUT2D eigenvalue weighted by atomic mass is 9.87. The largest absolute Gasteiger partial charge is 0.427 e. The molecule has 0 radical (unpaired) electrons. The van der Waals surface area contributed by atoms with E-state index in [1.807, 2.05) is 6.92 Å². The van der Waals surface area contributed by atoms with Gasteiger partial charge in [0.15, 0.2) is 0 Å². The van der Waals surface area contributed by atoms with Gasteiger partial charge in [0.25, 0.3) is 5.91 Å². The lowest BCUT2D eigenvalue weighted by molar-refractivity contribution is -0.131. The Morgan fingerprint density at radius 1 is 1.14 bits per heavy atom. The third-order valence-corrected chi connectivity index (χ3v) is 5.00. The fraction of sp³-hybridized carbons (Fsp3) is 0.500. The first-order valence-electron chi connectivity index (χ1n) is 9.63. The van der Waals surface area contributed by atoms with Crippen molar-refractivity contribution in [3.05, 3.63) is 41.5 Å². The third kappa shape index (κ3) is 6.22. The van der Waals surface area contributed by atoms with Crippen molar-refractivity contribution < 1.29 is 19.1 Å². The van der Waals surface area contributed by atoms with Crippen molar-refractivity contribution in [1.29, 1.82) is 0 Å². The second kappa shape index (κ2) is 9.04. The maximum atomic E-state index is 12.7. The number of nitrogens with zero attached hydrogens (tertiary/aromatic N) is 1. The highest BCUT2D eigenvalue weighted by atomic mass is 16.5. The number of amides is 2. The summed E-state index contributed by atoms with van der Waals surface area (Å²) in [5, 5.41) is 3.04. The van der Waals surface area contributed by atoms with Gasteiger partial charge in [-0.25, -0.2) is 0 Å². The zero-order chi connectivity index (χ0) is 20.9. The lowest BCUT2D eigenvalue weighted by Gasteiger charge is -2.32. The lowest BCUT2D eigenvalue weighted by Crippen LogP contribution is -2.46. The first-order chi connectivity index (χ1) is 13.1. The van der Waals surface area contributed by atoms with E-state index in [1.165, 1.54) is 6.92 Å². The molecule has 1 saturated heterocycles. The first-order valence-corrected chi connectivity index (χ1v) is 9.63. The van der Waals surface area contributed by atoms with Crippen molar-refractivity contribution in [3.8, 4) is 5.75 Å². The van der Waals surface area contributed by atoms with Crippen LogP contribution in [0.2, 0.25) is 0 Å². The van der Waals surface area contributed by atoms with Crippen molar-refractivity contribution in [2.24, 2.45) is 5.41 Å². The standard InChI is InChI=1S/C22H30N2O4/c1-15(22(3,4)5)13-20(26)23-18-9-11-24(12-10-18)21(27)17-7-6-8-19(14-17)28-16(2)25/h6-8,13-14,18H,9-12H2,1-5H3,(H,23,26)/b15-13+. The number of hydrogen-bond acceptors (Lipinski definition) is 4. The van der Waals surface area contributed by atoms with E-state index >= 15 is 0 Å². The van der Waals surface area contributed by atoms with Crippen LogP contribution in [0.5, 0.6) is 5.75 Å². The normalized spacial score (nSPS) is 15.9. The number of piperidine rings is 1. The number of ether oxygens (including phenoxy) is 1. The number of nitrogens with one attached hydrogen (secondary N) is 1. The Labute approximate surface area is 166 Å². The number of carbonyl (C=O) groups excluding carboxylic acids is 3. The number of carbonyl (C=O) groups is 3. The summed E-state index contributed by atoms with van der Waals surface area (Å²) >= 11 is 0. The molecule has 0 atom stereocenters. The van der Waals surface area contributed by atoms with E-state index in [-0.39, 0.29) is 23.3 Å². The molecule has 6 heteroatoms. The van der Waals surface area contributed by atoms with Crippen LogP contribution in [0.4, 0.5) is 0 Å². The number of benzene rings is 1. The topological polar surface area (TPSA) is 75.7 Å². The molecule has 152 valence electrons. The van der Waals surface area contributed by atoms with Crippen LogP contribution in [0.25, 0.3) is 0 Å². The summed E-state index contributed by atoms with van der Waals surface area (Å²) in [5.74, 6) is -0.230.